The Hall–Kier alpha value is -2.30. The van der Waals surface area contributed by atoms with Crippen LogP contribution in [-0.4, -0.2) is 25.3 Å². The number of benzene rings is 1. The van der Waals surface area contributed by atoms with Gasteiger partial charge < -0.3 is 9.47 Å². The average molecular weight is 303 g/mol. The van der Waals surface area contributed by atoms with E-state index in [-0.39, 0.29) is 0 Å². The maximum absolute atomic E-state index is 5.57. The molecule has 0 bridgehead atoms. The number of methoxy groups -OCH3 is 2. The molecule has 5 nitrogen and oxygen atoms in total. The Bertz CT molecular complexity index is 730. The number of rotatable bonds is 3. The third kappa shape index (κ3) is 2.71. The molecule has 118 valence electrons. The third-order valence-corrected chi connectivity index (χ3v) is 4.08. The summed E-state index contributed by atoms with van der Waals surface area (Å²) in [4.78, 5) is 3.20. The van der Waals surface area contributed by atoms with E-state index in [1.807, 2.05) is 33.8 Å². The fourth-order valence-corrected chi connectivity index (χ4v) is 2.46. The Morgan fingerprint density at radius 2 is 1.73 bits per heavy atom. The minimum absolute atomic E-state index is 0.599. The van der Waals surface area contributed by atoms with E-state index in [0.717, 1.165) is 39.3 Å². The number of aryl methyl sites for hydroxylation is 2. The van der Waals surface area contributed by atoms with Crippen molar-refractivity contribution in [2.75, 3.05) is 14.2 Å². The zero-order chi connectivity index (χ0) is 16.4. The minimum atomic E-state index is 0.599. The van der Waals surface area contributed by atoms with E-state index in [1.165, 1.54) is 0 Å². The summed E-state index contributed by atoms with van der Waals surface area (Å²) in [5, 5.41) is 3.96. The topological polar surface area (TPSA) is 58.5 Å². The van der Waals surface area contributed by atoms with Gasteiger partial charge in [0.15, 0.2) is 0 Å². The first kappa shape index (κ1) is 16.1. The van der Waals surface area contributed by atoms with Crippen LogP contribution in [0.15, 0.2) is 10.6 Å². The lowest BCUT2D eigenvalue weighted by atomic mass is 9.97. The van der Waals surface area contributed by atoms with Crippen molar-refractivity contribution in [3.63, 3.8) is 0 Å². The van der Waals surface area contributed by atoms with E-state index in [9.17, 15) is 0 Å². The van der Waals surface area contributed by atoms with E-state index < -0.39 is 0 Å². The van der Waals surface area contributed by atoms with Crippen molar-refractivity contribution >= 4 is 11.8 Å². The van der Waals surface area contributed by atoms with Crippen LogP contribution in [0.1, 0.15) is 33.5 Å². The second-order valence-corrected chi connectivity index (χ2v) is 5.40. The lowest BCUT2D eigenvalue weighted by molar-refractivity contribution is -0.386. The summed E-state index contributed by atoms with van der Waals surface area (Å²) in [5.74, 6) is 2.11. The van der Waals surface area contributed by atoms with Crippen molar-refractivity contribution in [1.82, 2.24) is 5.16 Å². The van der Waals surface area contributed by atoms with Gasteiger partial charge in [-0.15, -0.1) is 4.99 Å². The first-order valence-electron chi connectivity index (χ1n) is 7.16. The molecule has 0 spiro atoms. The van der Waals surface area contributed by atoms with Crippen LogP contribution in [0, 0.1) is 34.6 Å². The standard InChI is InChI=1S/C17H22N2O3/c1-9-8-14(20-6)10(2)11(3)15(9)17(21-7)18-16-12(4)13(5)19-22-16/h8H,1-7H3/p+1. The molecule has 0 radical (unpaired) electrons. The van der Waals surface area contributed by atoms with Crippen molar-refractivity contribution in [3.8, 4) is 5.75 Å². The summed E-state index contributed by atoms with van der Waals surface area (Å²) in [6.07, 6.45) is 0. The van der Waals surface area contributed by atoms with Crippen molar-refractivity contribution in [2.45, 2.75) is 34.6 Å². The molecule has 5 heteroatoms. The first-order valence-corrected chi connectivity index (χ1v) is 7.16. The molecule has 0 aliphatic heterocycles. The summed E-state index contributed by atoms with van der Waals surface area (Å²) >= 11 is 0. The second kappa shape index (κ2) is 6.22. The van der Waals surface area contributed by atoms with Crippen molar-refractivity contribution in [1.29, 1.82) is 0 Å². The van der Waals surface area contributed by atoms with E-state index in [0.29, 0.717) is 11.8 Å². The molecule has 1 N–H and O–H groups in total. The number of nitrogens with one attached hydrogen (secondary N) is 1. The molecule has 2 aromatic rings. The van der Waals surface area contributed by atoms with Gasteiger partial charge >= 0.3 is 11.8 Å². The van der Waals surface area contributed by atoms with E-state index in [1.54, 1.807) is 14.2 Å². The lowest BCUT2D eigenvalue weighted by Gasteiger charge is -2.13. The van der Waals surface area contributed by atoms with Gasteiger partial charge in [0, 0.05) is 0 Å². The van der Waals surface area contributed by atoms with Crippen LogP contribution in [0.3, 0.4) is 0 Å². The van der Waals surface area contributed by atoms with Crippen LogP contribution in [0.2, 0.25) is 0 Å². The Balaban J connectivity index is 2.62. The molecule has 0 saturated carbocycles. The van der Waals surface area contributed by atoms with E-state index in [4.69, 9.17) is 14.0 Å². The molecular formula is C17H23N2O3+. The van der Waals surface area contributed by atoms with Crippen molar-refractivity contribution < 1.29 is 19.0 Å². The maximum atomic E-state index is 5.57. The molecule has 0 saturated heterocycles. The van der Waals surface area contributed by atoms with Gasteiger partial charge in [0.05, 0.1) is 31.0 Å². The zero-order valence-electron chi connectivity index (χ0n) is 14.2. The summed E-state index contributed by atoms with van der Waals surface area (Å²) < 4.78 is 16.3. The number of aromatic nitrogens is 1. The molecule has 0 aliphatic carbocycles. The molecule has 22 heavy (non-hydrogen) atoms. The molecule has 0 unspecified atom stereocenters. The molecule has 1 aromatic carbocycles. The zero-order valence-corrected chi connectivity index (χ0v) is 14.2. The predicted octanol–water partition coefficient (Wildman–Crippen LogP) is 2.03. The molecule has 1 aromatic heterocycles. The van der Waals surface area contributed by atoms with Crippen LogP contribution in [0.5, 0.6) is 5.75 Å². The van der Waals surface area contributed by atoms with Crippen LogP contribution >= 0.6 is 0 Å². The van der Waals surface area contributed by atoms with Crippen LogP contribution < -0.4 is 9.73 Å². The quantitative estimate of drug-likeness (QED) is 0.696. The molecule has 1 heterocycles. The van der Waals surface area contributed by atoms with Gasteiger partial charge in [-0.05, 0) is 57.4 Å². The van der Waals surface area contributed by atoms with Gasteiger partial charge in [-0.3, -0.25) is 4.52 Å². The number of ether oxygens (including phenoxy) is 2. The lowest BCUT2D eigenvalue weighted by Crippen LogP contribution is -2.67. The van der Waals surface area contributed by atoms with Crippen molar-refractivity contribution in [2.24, 2.45) is 0 Å². The largest absolute Gasteiger partial charge is 0.496 e. The monoisotopic (exact) mass is 303 g/mol. The molecule has 2 rings (SSSR count). The average Bonchev–Trinajstić information content (AvgIpc) is 2.81. The summed E-state index contributed by atoms with van der Waals surface area (Å²) in [6.45, 7) is 9.99. The Kier molecular flexibility index (Phi) is 4.54. The predicted molar refractivity (Wildman–Crippen MR) is 84.9 cm³/mol. The normalized spacial score (nSPS) is 11.7. The molecule has 0 fully saturated rings. The van der Waals surface area contributed by atoms with Crippen LogP contribution in [0.4, 0.5) is 5.88 Å². The molecule has 0 aliphatic rings. The van der Waals surface area contributed by atoms with Gasteiger partial charge in [-0.25, -0.2) is 0 Å². The summed E-state index contributed by atoms with van der Waals surface area (Å²) in [7, 11) is 3.32. The highest BCUT2D eigenvalue weighted by atomic mass is 16.5. The smallest absolute Gasteiger partial charge is 0.400 e. The fraction of sp³-hybridized carbons (Fsp3) is 0.412. The summed E-state index contributed by atoms with van der Waals surface area (Å²) in [5.41, 5.74) is 6.10. The van der Waals surface area contributed by atoms with Crippen LogP contribution in [0.25, 0.3) is 0 Å². The van der Waals surface area contributed by atoms with Gasteiger partial charge in [0.1, 0.15) is 5.75 Å². The number of hydrogen-bond acceptors (Lipinski definition) is 4. The van der Waals surface area contributed by atoms with E-state index >= 15 is 0 Å². The van der Waals surface area contributed by atoms with Gasteiger partial charge in [0.25, 0.3) is 0 Å². The Labute approximate surface area is 130 Å². The third-order valence-electron chi connectivity index (χ3n) is 4.08. The fourth-order valence-electron chi connectivity index (χ4n) is 2.46. The number of nitrogens with zero attached hydrogens (tertiary/aromatic N) is 1. The first-order chi connectivity index (χ1) is 10.4. The van der Waals surface area contributed by atoms with Crippen molar-refractivity contribution in [3.05, 3.63) is 39.6 Å². The van der Waals surface area contributed by atoms with Gasteiger partial charge in [-0.2, -0.15) is 0 Å². The number of hydrogen-bond donors (Lipinski definition) is 1. The van der Waals surface area contributed by atoms with Crippen LogP contribution in [-0.2, 0) is 4.74 Å². The SMILES string of the molecule is COC(=[NH+]c1onc(C)c1C)c1c(C)cc(OC)c(C)c1C. The maximum Gasteiger partial charge on any atom is 0.400 e. The highest BCUT2D eigenvalue weighted by Crippen LogP contribution is 2.27. The highest BCUT2D eigenvalue weighted by molar-refractivity contribution is 5.94. The Morgan fingerprint density at radius 1 is 1.05 bits per heavy atom. The summed E-state index contributed by atoms with van der Waals surface area (Å²) in [6, 6.07) is 2.01. The van der Waals surface area contributed by atoms with Gasteiger partial charge in [-0.1, -0.05) is 5.16 Å². The second-order valence-electron chi connectivity index (χ2n) is 5.40. The van der Waals surface area contributed by atoms with E-state index in [2.05, 4.69) is 17.1 Å². The molecule has 0 amide bonds. The highest BCUT2D eigenvalue weighted by Gasteiger charge is 2.23. The molecule has 0 atom stereocenters. The Morgan fingerprint density at radius 3 is 2.23 bits per heavy atom. The minimum Gasteiger partial charge on any atom is -0.496 e. The molecular weight excluding hydrogens is 280 g/mol. The van der Waals surface area contributed by atoms with Gasteiger partial charge in [0.2, 0.25) is 0 Å².